The lowest BCUT2D eigenvalue weighted by Gasteiger charge is -2.17. The lowest BCUT2D eigenvalue weighted by atomic mass is 10.00. The van der Waals surface area contributed by atoms with Gasteiger partial charge in [-0.15, -0.1) is 0 Å². The molecule has 4 heteroatoms. The smallest absolute Gasteiger partial charge is 0.144 e. The Morgan fingerprint density at radius 1 is 0.927 bits per heavy atom. The van der Waals surface area contributed by atoms with Gasteiger partial charge in [0.2, 0.25) is 0 Å². The number of allylic oxidation sites excluding steroid dienone is 9. The summed E-state index contributed by atoms with van der Waals surface area (Å²) < 4.78 is 2.25. The first-order chi connectivity index (χ1) is 19.9. The zero-order chi connectivity index (χ0) is 29.2. The van der Waals surface area contributed by atoms with Gasteiger partial charge in [-0.3, -0.25) is 9.56 Å². The zero-order valence-electron chi connectivity index (χ0n) is 25.3. The summed E-state index contributed by atoms with van der Waals surface area (Å²) in [5, 5.41) is 0. The highest BCUT2D eigenvalue weighted by molar-refractivity contribution is 5.84. The predicted octanol–water partition coefficient (Wildman–Crippen LogP) is 9.52. The number of imidazole rings is 1. The molecule has 4 nitrogen and oxygen atoms in total. The van der Waals surface area contributed by atoms with Crippen LogP contribution < -0.4 is 5.73 Å². The van der Waals surface area contributed by atoms with Crippen LogP contribution in [0.2, 0.25) is 0 Å². The van der Waals surface area contributed by atoms with E-state index in [0.29, 0.717) is 0 Å². The van der Waals surface area contributed by atoms with E-state index in [1.165, 1.54) is 50.9 Å². The van der Waals surface area contributed by atoms with Crippen molar-refractivity contribution in [2.75, 3.05) is 0 Å². The van der Waals surface area contributed by atoms with Crippen LogP contribution >= 0.6 is 0 Å². The molecule has 6 rings (SSSR count). The van der Waals surface area contributed by atoms with Crippen LogP contribution in [0.4, 0.5) is 0 Å². The van der Waals surface area contributed by atoms with Gasteiger partial charge >= 0.3 is 0 Å². The van der Waals surface area contributed by atoms with Gasteiger partial charge in [0.25, 0.3) is 0 Å². The quantitative estimate of drug-likeness (QED) is 0.260. The Morgan fingerprint density at radius 2 is 1.66 bits per heavy atom. The molecular weight excluding hydrogens is 500 g/mol. The Bertz CT molecular complexity index is 1520. The Hall–Kier alpha value is -4.18. The SMILES string of the molecule is CC(C)C.CC1=C(N=C/C=C\N)CCC=C1.CC1=CCCC=C1n1ccnc1-c1cccc2c1Cc1ccccc1-2. The molecule has 3 aliphatic carbocycles. The van der Waals surface area contributed by atoms with Gasteiger partial charge in [-0.05, 0) is 97.5 Å². The van der Waals surface area contributed by atoms with Crippen molar-refractivity contribution in [2.45, 2.75) is 66.7 Å². The fourth-order valence-corrected chi connectivity index (χ4v) is 5.26. The summed E-state index contributed by atoms with van der Waals surface area (Å²) in [4.78, 5) is 9.02. The number of rotatable bonds is 4. The van der Waals surface area contributed by atoms with E-state index in [-0.39, 0.29) is 0 Å². The van der Waals surface area contributed by atoms with Crippen LogP contribution in [0.25, 0.3) is 28.2 Å². The first-order valence-corrected chi connectivity index (χ1v) is 14.8. The van der Waals surface area contributed by atoms with Gasteiger partial charge < -0.3 is 5.73 Å². The number of nitrogens with zero attached hydrogens (tertiary/aromatic N) is 3. The van der Waals surface area contributed by atoms with Gasteiger partial charge in [-0.25, -0.2) is 4.98 Å². The van der Waals surface area contributed by atoms with Gasteiger partial charge in [0.05, 0.1) is 0 Å². The van der Waals surface area contributed by atoms with E-state index < -0.39 is 0 Å². The van der Waals surface area contributed by atoms with Crippen molar-refractivity contribution in [1.82, 2.24) is 9.55 Å². The minimum atomic E-state index is 0.833. The molecular formula is C37H44N4. The highest BCUT2D eigenvalue weighted by Crippen LogP contribution is 2.41. The van der Waals surface area contributed by atoms with Gasteiger partial charge in [0.15, 0.2) is 0 Å². The third-order valence-corrected chi connectivity index (χ3v) is 7.15. The number of hydrogen-bond acceptors (Lipinski definition) is 3. The van der Waals surface area contributed by atoms with Crippen LogP contribution in [0.1, 0.15) is 71.4 Å². The summed E-state index contributed by atoms with van der Waals surface area (Å²) in [7, 11) is 0. The Balaban J connectivity index is 0.000000203. The lowest BCUT2D eigenvalue weighted by Crippen LogP contribution is -2.04. The van der Waals surface area contributed by atoms with E-state index in [4.69, 9.17) is 10.7 Å². The molecule has 0 radical (unpaired) electrons. The molecule has 0 amide bonds. The average molecular weight is 545 g/mol. The van der Waals surface area contributed by atoms with Crippen molar-refractivity contribution >= 4 is 11.9 Å². The highest BCUT2D eigenvalue weighted by Gasteiger charge is 2.23. The third kappa shape index (κ3) is 7.52. The molecule has 0 saturated heterocycles. The molecule has 41 heavy (non-hydrogen) atoms. The molecule has 2 aromatic carbocycles. The average Bonchev–Trinajstić information content (AvgIpc) is 3.60. The van der Waals surface area contributed by atoms with Crippen molar-refractivity contribution in [3.8, 4) is 22.5 Å². The molecule has 0 atom stereocenters. The molecule has 0 saturated carbocycles. The number of nitrogens with two attached hydrogens (primary N) is 1. The van der Waals surface area contributed by atoms with Gasteiger partial charge in [0.1, 0.15) is 5.82 Å². The summed E-state index contributed by atoms with van der Waals surface area (Å²) in [5.41, 5.74) is 17.0. The van der Waals surface area contributed by atoms with Crippen molar-refractivity contribution in [3.63, 3.8) is 0 Å². The summed E-state index contributed by atoms with van der Waals surface area (Å²) in [6, 6.07) is 15.3. The van der Waals surface area contributed by atoms with E-state index in [0.717, 1.165) is 49.5 Å². The molecule has 2 N–H and O–H groups in total. The van der Waals surface area contributed by atoms with Crippen LogP contribution in [-0.4, -0.2) is 15.8 Å². The molecule has 212 valence electrons. The maximum absolute atomic E-state index is 5.18. The van der Waals surface area contributed by atoms with E-state index in [1.54, 1.807) is 12.3 Å². The fourth-order valence-electron chi connectivity index (χ4n) is 5.26. The molecule has 0 unspecified atom stereocenters. The predicted molar refractivity (Wildman–Crippen MR) is 177 cm³/mol. The largest absolute Gasteiger partial charge is 0.405 e. The Kier molecular flexibility index (Phi) is 10.5. The normalized spacial score (nSPS) is 15.7. The second-order valence-electron chi connectivity index (χ2n) is 11.3. The third-order valence-electron chi connectivity index (χ3n) is 7.15. The van der Waals surface area contributed by atoms with Crippen LogP contribution in [0.5, 0.6) is 0 Å². The number of fused-ring (bicyclic) bond motifs is 3. The zero-order valence-corrected chi connectivity index (χ0v) is 25.3. The summed E-state index contributed by atoms with van der Waals surface area (Å²) in [6.45, 7) is 10.8. The second kappa shape index (κ2) is 14.5. The van der Waals surface area contributed by atoms with Crippen LogP contribution in [0, 0.1) is 5.92 Å². The van der Waals surface area contributed by atoms with Crippen molar-refractivity contribution in [1.29, 1.82) is 0 Å². The number of benzene rings is 2. The van der Waals surface area contributed by atoms with Gasteiger partial charge in [-0.1, -0.05) is 87.5 Å². The van der Waals surface area contributed by atoms with Gasteiger partial charge in [0, 0.05) is 35.6 Å². The molecule has 0 spiro atoms. The lowest BCUT2D eigenvalue weighted by molar-refractivity contribution is 0.737. The van der Waals surface area contributed by atoms with E-state index >= 15 is 0 Å². The monoisotopic (exact) mass is 544 g/mol. The molecule has 1 heterocycles. The molecule has 0 bridgehead atoms. The van der Waals surface area contributed by atoms with E-state index in [1.807, 2.05) is 6.20 Å². The van der Waals surface area contributed by atoms with E-state index in [2.05, 4.69) is 117 Å². The minimum absolute atomic E-state index is 0.833. The molecule has 3 aliphatic rings. The van der Waals surface area contributed by atoms with Crippen LogP contribution in [-0.2, 0) is 6.42 Å². The standard InChI is InChI=1S/C23H20N2.C10H14N2.C4H10/c1-16-7-2-5-12-22(16)25-14-13-24-23(25)20-11-6-10-19-18-9-4-3-8-17(18)15-21(19)20;1-9-5-2-3-6-10(9)12-8-4-7-11;1-4(2)3/h3-4,6-14H,2,5,15H2,1H3;2,4-5,7-8H,3,6,11H2,1H3;4H,1-3H3/b;7-4-,12-8?;. The molecule has 0 aliphatic heterocycles. The number of aliphatic imine (C=N–C) groups is 1. The number of aromatic nitrogens is 2. The Morgan fingerprint density at radius 3 is 2.41 bits per heavy atom. The van der Waals surface area contributed by atoms with Crippen LogP contribution in [0.3, 0.4) is 0 Å². The maximum Gasteiger partial charge on any atom is 0.144 e. The van der Waals surface area contributed by atoms with E-state index in [9.17, 15) is 0 Å². The topological polar surface area (TPSA) is 56.2 Å². The summed E-state index contributed by atoms with van der Waals surface area (Å²) in [5.74, 6) is 1.88. The van der Waals surface area contributed by atoms with Gasteiger partial charge in [-0.2, -0.15) is 0 Å². The fraction of sp³-hybridized carbons (Fsp3) is 0.297. The Labute approximate surface area is 246 Å². The minimum Gasteiger partial charge on any atom is -0.405 e. The summed E-state index contributed by atoms with van der Waals surface area (Å²) in [6.07, 6.45) is 23.3. The maximum atomic E-state index is 5.18. The van der Waals surface area contributed by atoms with Crippen molar-refractivity contribution in [2.24, 2.45) is 16.6 Å². The highest BCUT2D eigenvalue weighted by atomic mass is 15.1. The first kappa shape index (κ1) is 29.8. The first-order valence-electron chi connectivity index (χ1n) is 14.8. The second-order valence-corrected chi connectivity index (χ2v) is 11.3. The molecule has 3 aromatic rings. The van der Waals surface area contributed by atoms with Crippen LogP contribution in [0.15, 0.2) is 113 Å². The molecule has 1 aromatic heterocycles. The number of hydrogen-bond donors (Lipinski definition) is 1. The summed E-state index contributed by atoms with van der Waals surface area (Å²) >= 11 is 0. The van der Waals surface area contributed by atoms with Crippen molar-refractivity contribution < 1.29 is 0 Å². The molecule has 0 fully saturated rings. The van der Waals surface area contributed by atoms with Crippen molar-refractivity contribution in [3.05, 3.63) is 119 Å².